The third-order valence-electron chi connectivity index (χ3n) is 3.31. The van der Waals surface area contributed by atoms with E-state index in [1.807, 2.05) is 0 Å². The Hall–Kier alpha value is -0.300. The molecule has 1 aromatic rings. The maximum Gasteiger partial charge on any atom is 0.0178 e. The average molecular weight is 267 g/mol. The zero-order chi connectivity index (χ0) is 10.5. The van der Waals surface area contributed by atoms with Gasteiger partial charge in [-0.3, -0.25) is 0 Å². The summed E-state index contributed by atoms with van der Waals surface area (Å²) in [4.78, 5) is 0. The summed E-state index contributed by atoms with van der Waals surface area (Å²) in [6.45, 7) is 0. The van der Waals surface area contributed by atoms with Gasteiger partial charge >= 0.3 is 0 Å². The smallest absolute Gasteiger partial charge is 0.0178 e. The van der Waals surface area contributed by atoms with Crippen molar-refractivity contribution in [1.29, 1.82) is 0 Å². The molecule has 0 unspecified atom stereocenters. The first-order chi connectivity index (χ1) is 7.36. The van der Waals surface area contributed by atoms with E-state index in [0.29, 0.717) is 0 Å². The molecular formula is C14H19Br. The largest absolute Gasteiger partial charge is 0.0576 e. The van der Waals surface area contributed by atoms with Crippen LogP contribution >= 0.6 is 15.9 Å². The number of hydrogen-bond acceptors (Lipinski definition) is 0. The molecule has 82 valence electrons. The molecule has 1 aromatic carbocycles. The molecule has 1 heteroatoms. The summed E-state index contributed by atoms with van der Waals surface area (Å²) < 4.78 is 1.23. The molecule has 15 heavy (non-hydrogen) atoms. The van der Waals surface area contributed by atoms with Gasteiger partial charge in [0, 0.05) is 4.47 Å². The van der Waals surface area contributed by atoms with E-state index >= 15 is 0 Å². The number of halogens is 1. The topological polar surface area (TPSA) is 0 Å². The highest BCUT2D eigenvalue weighted by molar-refractivity contribution is 9.10. The molecule has 2 rings (SSSR count). The first-order valence-electron chi connectivity index (χ1n) is 6.13. The maximum atomic E-state index is 3.57. The molecule has 0 aromatic heterocycles. The van der Waals surface area contributed by atoms with Gasteiger partial charge in [0.2, 0.25) is 0 Å². The zero-order valence-corrected chi connectivity index (χ0v) is 10.9. The summed E-state index contributed by atoms with van der Waals surface area (Å²) in [6, 6.07) is 6.81. The van der Waals surface area contributed by atoms with Crippen LogP contribution in [-0.2, 0) is 12.8 Å². The molecule has 0 fully saturated rings. The minimum absolute atomic E-state index is 1.23. The minimum Gasteiger partial charge on any atom is -0.0576 e. The van der Waals surface area contributed by atoms with Crippen molar-refractivity contribution in [3.05, 3.63) is 33.8 Å². The summed E-state index contributed by atoms with van der Waals surface area (Å²) in [5.74, 6) is 0. The number of fused-ring (bicyclic) bond motifs is 1. The highest BCUT2D eigenvalue weighted by atomic mass is 79.9. The van der Waals surface area contributed by atoms with Crippen LogP contribution in [0.15, 0.2) is 22.7 Å². The van der Waals surface area contributed by atoms with E-state index in [-0.39, 0.29) is 0 Å². The highest BCUT2D eigenvalue weighted by Gasteiger charge is 2.05. The fourth-order valence-corrected chi connectivity index (χ4v) is 2.82. The van der Waals surface area contributed by atoms with E-state index in [1.54, 1.807) is 11.1 Å². The first kappa shape index (κ1) is 11.2. The van der Waals surface area contributed by atoms with Gasteiger partial charge < -0.3 is 0 Å². The van der Waals surface area contributed by atoms with Crippen molar-refractivity contribution in [2.45, 2.75) is 51.4 Å². The van der Waals surface area contributed by atoms with E-state index in [2.05, 4.69) is 34.1 Å². The molecule has 0 N–H and O–H groups in total. The third kappa shape index (κ3) is 3.34. The molecule has 0 nitrogen and oxygen atoms in total. The summed E-state index contributed by atoms with van der Waals surface area (Å²) in [7, 11) is 0. The molecule has 1 aliphatic carbocycles. The average Bonchev–Trinajstić information content (AvgIpc) is 2.25. The molecular weight excluding hydrogens is 248 g/mol. The predicted octanol–water partition coefficient (Wildman–Crippen LogP) is 4.89. The lowest BCUT2D eigenvalue weighted by atomic mass is 9.94. The second-order valence-corrected chi connectivity index (χ2v) is 5.45. The van der Waals surface area contributed by atoms with Crippen molar-refractivity contribution in [2.24, 2.45) is 0 Å². The molecule has 0 saturated carbocycles. The van der Waals surface area contributed by atoms with Gasteiger partial charge in [-0.05, 0) is 48.9 Å². The molecule has 1 aliphatic rings. The number of rotatable bonds is 0. The van der Waals surface area contributed by atoms with Gasteiger partial charge in [-0.2, -0.15) is 0 Å². The van der Waals surface area contributed by atoms with Crippen molar-refractivity contribution in [3.8, 4) is 0 Å². The van der Waals surface area contributed by atoms with E-state index in [0.717, 1.165) is 0 Å². The molecule has 0 saturated heterocycles. The predicted molar refractivity (Wildman–Crippen MR) is 69.3 cm³/mol. The van der Waals surface area contributed by atoms with Gasteiger partial charge in [0.25, 0.3) is 0 Å². The Kier molecular flexibility index (Phi) is 4.25. The Bertz CT molecular complexity index is 317. The van der Waals surface area contributed by atoms with E-state index in [9.17, 15) is 0 Å². The Morgan fingerprint density at radius 1 is 0.733 bits per heavy atom. The van der Waals surface area contributed by atoms with Crippen LogP contribution < -0.4 is 0 Å². The van der Waals surface area contributed by atoms with Crippen LogP contribution in [0.4, 0.5) is 0 Å². The first-order valence-corrected chi connectivity index (χ1v) is 6.93. The van der Waals surface area contributed by atoms with Crippen molar-refractivity contribution in [3.63, 3.8) is 0 Å². The SMILES string of the molecule is Brc1ccc2c(c1)CCCCCCCC2. The molecule has 0 bridgehead atoms. The second kappa shape index (κ2) is 5.69. The fraction of sp³-hybridized carbons (Fsp3) is 0.571. The van der Waals surface area contributed by atoms with Crippen LogP contribution in [0.1, 0.15) is 49.7 Å². The zero-order valence-electron chi connectivity index (χ0n) is 9.27. The summed E-state index contributed by atoms with van der Waals surface area (Å²) in [6.07, 6.45) is 11.0. The monoisotopic (exact) mass is 266 g/mol. The molecule has 0 heterocycles. The van der Waals surface area contributed by atoms with Crippen LogP contribution in [0.5, 0.6) is 0 Å². The molecule has 0 atom stereocenters. The van der Waals surface area contributed by atoms with E-state index in [1.165, 1.54) is 55.8 Å². The second-order valence-electron chi connectivity index (χ2n) is 4.53. The van der Waals surface area contributed by atoms with Crippen molar-refractivity contribution in [2.75, 3.05) is 0 Å². The van der Waals surface area contributed by atoms with E-state index in [4.69, 9.17) is 0 Å². The van der Waals surface area contributed by atoms with Crippen molar-refractivity contribution < 1.29 is 0 Å². The van der Waals surface area contributed by atoms with Crippen LogP contribution in [0.25, 0.3) is 0 Å². The van der Waals surface area contributed by atoms with Gasteiger partial charge in [0.1, 0.15) is 0 Å². The van der Waals surface area contributed by atoms with Crippen LogP contribution in [-0.4, -0.2) is 0 Å². The number of hydrogen-bond donors (Lipinski definition) is 0. The van der Waals surface area contributed by atoms with Crippen molar-refractivity contribution in [1.82, 2.24) is 0 Å². The lowest BCUT2D eigenvalue weighted by Gasteiger charge is -2.12. The van der Waals surface area contributed by atoms with Gasteiger partial charge in [0.15, 0.2) is 0 Å². The lowest BCUT2D eigenvalue weighted by molar-refractivity contribution is 0.581. The summed E-state index contributed by atoms with van der Waals surface area (Å²) >= 11 is 3.57. The Balaban J connectivity index is 2.15. The molecule has 0 spiro atoms. The highest BCUT2D eigenvalue weighted by Crippen LogP contribution is 2.22. The molecule has 0 radical (unpaired) electrons. The van der Waals surface area contributed by atoms with Gasteiger partial charge in [-0.15, -0.1) is 0 Å². The Labute approximate surface area is 101 Å². The minimum atomic E-state index is 1.23. The maximum absolute atomic E-state index is 3.57. The van der Waals surface area contributed by atoms with Gasteiger partial charge in [0.05, 0.1) is 0 Å². The van der Waals surface area contributed by atoms with Gasteiger partial charge in [-0.25, -0.2) is 0 Å². The summed E-state index contributed by atoms with van der Waals surface area (Å²) in [5.41, 5.74) is 3.16. The van der Waals surface area contributed by atoms with Crippen molar-refractivity contribution >= 4 is 15.9 Å². The third-order valence-corrected chi connectivity index (χ3v) is 3.80. The van der Waals surface area contributed by atoms with Crippen LogP contribution in [0.3, 0.4) is 0 Å². The van der Waals surface area contributed by atoms with Crippen LogP contribution in [0.2, 0.25) is 0 Å². The Morgan fingerprint density at radius 2 is 1.33 bits per heavy atom. The standard InChI is InChI=1S/C14H19Br/c15-14-10-9-12-7-5-3-1-2-4-6-8-13(12)11-14/h9-11H,1-8H2. The normalized spacial score (nSPS) is 18.2. The fourth-order valence-electron chi connectivity index (χ4n) is 2.41. The summed E-state index contributed by atoms with van der Waals surface area (Å²) in [5, 5.41) is 0. The molecule has 0 aliphatic heterocycles. The molecule has 0 amide bonds. The quantitative estimate of drug-likeness (QED) is 0.628. The van der Waals surface area contributed by atoms with Gasteiger partial charge in [-0.1, -0.05) is 47.7 Å². The van der Waals surface area contributed by atoms with E-state index < -0.39 is 0 Å². The lowest BCUT2D eigenvalue weighted by Crippen LogP contribution is -1.97. The number of benzene rings is 1. The van der Waals surface area contributed by atoms with Crippen LogP contribution in [0, 0.1) is 0 Å². The number of aryl methyl sites for hydroxylation is 2. The Morgan fingerprint density at radius 3 is 2.07 bits per heavy atom.